The van der Waals surface area contributed by atoms with Gasteiger partial charge in [-0.2, -0.15) is 10.1 Å². The van der Waals surface area contributed by atoms with Crippen molar-refractivity contribution in [1.82, 2.24) is 19.6 Å². The van der Waals surface area contributed by atoms with E-state index in [0.717, 1.165) is 9.39 Å². The molecular weight excluding hydrogens is 291 g/mol. The first-order valence-electron chi connectivity index (χ1n) is 4.35. The van der Waals surface area contributed by atoms with Crippen molar-refractivity contribution in [3.63, 3.8) is 0 Å². The van der Waals surface area contributed by atoms with Crippen LogP contribution < -0.4 is 0 Å². The molecule has 0 N–H and O–H groups in total. The Morgan fingerprint density at radius 3 is 2.71 bits per heavy atom. The van der Waals surface area contributed by atoms with Crippen molar-refractivity contribution < 1.29 is 0 Å². The highest BCUT2D eigenvalue weighted by Gasteiger charge is 2.19. The van der Waals surface area contributed by atoms with Crippen LogP contribution in [0, 0.1) is 3.70 Å². The molecule has 0 spiro atoms. The monoisotopic (exact) mass is 302 g/mol. The van der Waals surface area contributed by atoms with E-state index >= 15 is 0 Å². The van der Waals surface area contributed by atoms with Crippen LogP contribution in [0.2, 0.25) is 0 Å². The van der Waals surface area contributed by atoms with Gasteiger partial charge in [0.1, 0.15) is 10.0 Å². The summed E-state index contributed by atoms with van der Waals surface area (Å²) < 4.78 is 2.75. The van der Waals surface area contributed by atoms with Gasteiger partial charge >= 0.3 is 0 Å². The number of fused-ring (bicyclic) bond motifs is 1. The molecule has 0 aliphatic carbocycles. The average molecular weight is 302 g/mol. The van der Waals surface area contributed by atoms with Gasteiger partial charge in [-0.1, -0.05) is 20.8 Å². The average Bonchev–Trinajstić information content (AvgIpc) is 2.47. The van der Waals surface area contributed by atoms with Crippen LogP contribution in [0.25, 0.3) is 5.78 Å². The molecule has 5 heteroatoms. The molecule has 14 heavy (non-hydrogen) atoms. The summed E-state index contributed by atoms with van der Waals surface area (Å²) in [6.07, 6.45) is 1.54. The van der Waals surface area contributed by atoms with Crippen LogP contribution in [0.3, 0.4) is 0 Å². The second kappa shape index (κ2) is 3.15. The lowest BCUT2D eigenvalue weighted by Crippen LogP contribution is -2.18. The van der Waals surface area contributed by atoms with Crippen LogP contribution >= 0.6 is 22.6 Å². The normalized spacial score (nSPS) is 12.3. The minimum absolute atomic E-state index is 0.0504. The van der Waals surface area contributed by atoms with Gasteiger partial charge in [0.15, 0.2) is 0 Å². The summed E-state index contributed by atoms with van der Waals surface area (Å²) in [5.74, 6) is 0.668. The summed E-state index contributed by atoms with van der Waals surface area (Å²) in [4.78, 5) is 8.38. The van der Waals surface area contributed by atoms with Gasteiger partial charge in [-0.3, -0.25) is 0 Å². The zero-order valence-electron chi connectivity index (χ0n) is 8.32. The third-order valence-corrected chi connectivity index (χ3v) is 2.54. The predicted molar refractivity (Wildman–Crippen MR) is 62.2 cm³/mol. The zero-order valence-corrected chi connectivity index (χ0v) is 10.5. The van der Waals surface area contributed by atoms with Crippen molar-refractivity contribution in [2.45, 2.75) is 26.2 Å². The molecule has 0 amide bonds. The SMILES string of the molecule is CC(C)(C)c1cc(I)nc2ncnn12. The van der Waals surface area contributed by atoms with Gasteiger partial charge in [-0.15, -0.1) is 0 Å². The molecule has 0 saturated carbocycles. The molecule has 2 heterocycles. The molecule has 0 bridgehead atoms. The first-order valence-corrected chi connectivity index (χ1v) is 5.43. The lowest BCUT2D eigenvalue weighted by Gasteiger charge is -2.19. The third kappa shape index (κ3) is 1.60. The van der Waals surface area contributed by atoms with Crippen molar-refractivity contribution in [3.05, 3.63) is 21.8 Å². The Bertz CT molecular complexity index is 469. The maximum Gasteiger partial charge on any atom is 0.253 e. The highest BCUT2D eigenvalue weighted by molar-refractivity contribution is 14.1. The Balaban J connectivity index is 2.80. The van der Waals surface area contributed by atoms with Crippen LogP contribution in [0.1, 0.15) is 26.5 Å². The fourth-order valence-electron chi connectivity index (χ4n) is 1.32. The minimum atomic E-state index is 0.0504. The summed E-state index contributed by atoms with van der Waals surface area (Å²) in [5.41, 5.74) is 1.18. The van der Waals surface area contributed by atoms with Crippen LogP contribution in [-0.4, -0.2) is 19.6 Å². The van der Waals surface area contributed by atoms with E-state index in [1.54, 1.807) is 4.52 Å². The predicted octanol–water partition coefficient (Wildman–Crippen LogP) is 2.03. The highest BCUT2D eigenvalue weighted by Crippen LogP contribution is 2.22. The van der Waals surface area contributed by atoms with Crippen LogP contribution in [-0.2, 0) is 5.41 Å². The van der Waals surface area contributed by atoms with E-state index in [9.17, 15) is 0 Å². The highest BCUT2D eigenvalue weighted by atomic mass is 127. The van der Waals surface area contributed by atoms with Crippen molar-refractivity contribution >= 4 is 28.4 Å². The maximum absolute atomic E-state index is 4.29. The first-order chi connectivity index (χ1) is 6.48. The van der Waals surface area contributed by atoms with Gasteiger partial charge in [-0.25, -0.2) is 9.50 Å². The molecule has 2 aromatic heterocycles. The number of hydrogen-bond acceptors (Lipinski definition) is 3. The molecule has 2 rings (SSSR count). The molecule has 0 saturated heterocycles. The molecule has 0 aliphatic heterocycles. The number of nitrogens with zero attached hydrogens (tertiary/aromatic N) is 4. The molecule has 0 unspecified atom stereocenters. The number of rotatable bonds is 0. The maximum atomic E-state index is 4.29. The van der Waals surface area contributed by atoms with E-state index in [1.165, 1.54) is 6.33 Å². The largest absolute Gasteiger partial charge is 0.253 e. The minimum Gasteiger partial charge on any atom is -0.205 e. The van der Waals surface area contributed by atoms with E-state index in [2.05, 4.69) is 58.4 Å². The fraction of sp³-hybridized carbons (Fsp3) is 0.444. The summed E-state index contributed by atoms with van der Waals surface area (Å²) in [5, 5.41) is 4.17. The zero-order chi connectivity index (χ0) is 10.3. The molecular formula is C9H11IN4. The van der Waals surface area contributed by atoms with Gasteiger partial charge < -0.3 is 0 Å². The van der Waals surface area contributed by atoms with Gasteiger partial charge in [-0.05, 0) is 28.7 Å². The van der Waals surface area contributed by atoms with Gasteiger partial charge in [0.2, 0.25) is 0 Å². The van der Waals surface area contributed by atoms with Crippen LogP contribution in [0.15, 0.2) is 12.4 Å². The fourth-order valence-corrected chi connectivity index (χ4v) is 1.83. The third-order valence-electron chi connectivity index (χ3n) is 1.99. The Labute approximate surface area is 95.9 Å². The summed E-state index contributed by atoms with van der Waals surface area (Å²) >= 11 is 2.20. The van der Waals surface area contributed by atoms with Crippen molar-refractivity contribution in [2.75, 3.05) is 0 Å². The lowest BCUT2D eigenvalue weighted by molar-refractivity contribution is 0.545. The molecule has 2 aromatic rings. The molecule has 0 aromatic carbocycles. The second-order valence-corrected chi connectivity index (χ2v) is 5.29. The second-order valence-electron chi connectivity index (χ2n) is 4.19. The molecule has 0 aliphatic rings. The van der Waals surface area contributed by atoms with Gasteiger partial charge in [0.25, 0.3) is 5.78 Å². The smallest absolute Gasteiger partial charge is 0.205 e. The number of halogens is 1. The molecule has 0 radical (unpaired) electrons. The van der Waals surface area contributed by atoms with Crippen molar-refractivity contribution in [3.8, 4) is 0 Å². The quantitative estimate of drug-likeness (QED) is 0.552. The van der Waals surface area contributed by atoms with E-state index in [0.29, 0.717) is 5.78 Å². The Kier molecular flexibility index (Phi) is 2.21. The Hall–Kier alpha value is -0.720. The van der Waals surface area contributed by atoms with E-state index in [-0.39, 0.29) is 5.41 Å². The Morgan fingerprint density at radius 1 is 1.36 bits per heavy atom. The van der Waals surface area contributed by atoms with Gasteiger partial charge in [0.05, 0.1) is 5.69 Å². The Morgan fingerprint density at radius 2 is 2.07 bits per heavy atom. The summed E-state index contributed by atoms with van der Waals surface area (Å²) in [7, 11) is 0. The first kappa shape index (κ1) is 9.82. The number of aromatic nitrogens is 4. The standard InChI is InChI=1S/C9H11IN4/c1-9(2,3)6-4-7(10)13-8-11-5-12-14(6)8/h4-5H,1-3H3. The lowest BCUT2D eigenvalue weighted by atomic mass is 9.92. The van der Waals surface area contributed by atoms with Crippen molar-refractivity contribution in [2.24, 2.45) is 0 Å². The van der Waals surface area contributed by atoms with Gasteiger partial charge in [0, 0.05) is 5.41 Å². The van der Waals surface area contributed by atoms with E-state index in [4.69, 9.17) is 0 Å². The van der Waals surface area contributed by atoms with E-state index < -0.39 is 0 Å². The summed E-state index contributed by atoms with van der Waals surface area (Å²) in [6.45, 7) is 6.46. The van der Waals surface area contributed by atoms with Crippen molar-refractivity contribution in [1.29, 1.82) is 0 Å². The molecule has 74 valence electrons. The van der Waals surface area contributed by atoms with Crippen LogP contribution in [0.4, 0.5) is 0 Å². The molecule has 0 fully saturated rings. The van der Waals surface area contributed by atoms with Crippen LogP contribution in [0.5, 0.6) is 0 Å². The molecule has 4 nitrogen and oxygen atoms in total. The number of hydrogen-bond donors (Lipinski definition) is 0. The topological polar surface area (TPSA) is 43.1 Å². The van der Waals surface area contributed by atoms with E-state index in [1.807, 2.05) is 6.07 Å². The summed E-state index contributed by atoms with van der Waals surface area (Å²) in [6, 6.07) is 2.04. The molecule has 0 atom stereocenters.